The molecule has 0 bridgehead atoms. The van der Waals surface area contributed by atoms with Crippen molar-refractivity contribution in [2.75, 3.05) is 21.2 Å². The molecule has 0 aliphatic carbocycles. The third kappa shape index (κ3) is 3.68. The Morgan fingerprint density at radius 3 is 2.29 bits per heavy atom. The minimum Gasteiger partial charge on any atom is -0.276 e. The Labute approximate surface area is 42.9 Å². The van der Waals surface area contributed by atoms with Gasteiger partial charge < -0.3 is 0 Å². The van der Waals surface area contributed by atoms with Gasteiger partial charge in [0, 0.05) is 14.1 Å². The Morgan fingerprint density at radius 2 is 2.14 bits per heavy atom. The third-order valence-electron chi connectivity index (χ3n) is 0.477. The molecule has 44 valence electrons. The van der Waals surface area contributed by atoms with E-state index in [4.69, 9.17) is 0 Å². The van der Waals surface area contributed by atoms with Crippen LogP contribution in [-0.2, 0) is 9.78 Å². The van der Waals surface area contributed by atoms with Crippen LogP contribution in [0.5, 0.6) is 0 Å². The van der Waals surface area contributed by atoms with E-state index >= 15 is 0 Å². The van der Waals surface area contributed by atoms with E-state index in [1.165, 1.54) is 12.3 Å². The van der Waals surface area contributed by atoms with E-state index in [1.54, 1.807) is 14.1 Å². The van der Waals surface area contributed by atoms with Gasteiger partial charge in [-0.25, -0.2) is 0 Å². The first-order valence-corrected chi connectivity index (χ1v) is 1.92. The van der Waals surface area contributed by atoms with Crippen molar-refractivity contribution in [3.05, 3.63) is 0 Å². The second-order valence-corrected chi connectivity index (χ2v) is 0.918. The smallest absolute Gasteiger partial charge is 0.0602 e. The minimum atomic E-state index is 1.19. The summed E-state index contributed by atoms with van der Waals surface area (Å²) >= 11 is 0. The summed E-state index contributed by atoms with van der Waals surface area (Å²) in [5, 5.41) is 1.19. The van der Waals surface area contributed by atoms with Crippen LogP contribution in [0.15, 0.2) is 0 Å². The second kappa shape index (κ2) is 4.01. The quantitative estimate of drug-likeness (QED) is 0.494. The second-order valence-electron chi connectivity index (χ2n) is 0.918. The predicted molar refractivity (Wildman–Crippen MR) is 24.9 cm³/mol. The van der Waals surface area contributed by atoms with E-state index in [-0.39, 0.29) is 0 Å². The fourth-order valence-electron chi connectivity index (χ4n) is 0.166. The van der Waals surface area contributed by atoms with Crippen LogP contribution in [0.25, 0.3) is 0 Å². The number of nitrogens with zero attached hydrogens (tertiary/aromatic N) is 1. The van der Waals surface area contributed by atoms with Crippen molar-refractivity contribution in [1.82, 2.24) is 10.7 Å². The fourth-order valence-corrected chi connectivity index (χ4v) is 0.166. The van der Waals surface area contributed by atoms with Gasteiger partial charge in [0.25, 0.3) is 0 Å². The molecule has 0 amide bonds. The van der Waals surface area contributed by atoms with E-state index in [2.05, 4.69) is 15.3 Å². The van der Waals surface area contributed by atoms with Gasteiger partial charge in [0.1, 0.15) is 0 Å². The zero-order valence-corrected chi connectivity index (χ0v) is 4.76. The molecule has 0 saturated carbocycles. The van der Waals surface area contributed by atoms with E-state index in [1.807, 2.05) is 0 Å². The molecule has 0 fully saturated rings. The highest BCUT2D eigenvalue weighted by Crippen LogP contribution is 1.74. The summed E-state index contributed by atoms with van der Waals surface area (Å²) in [7, 11) is 4.80. The molecular formula is C3H10N2O2. The SMILES string of the molecule is CNON(C)OC. The lowest BCUT2D eigenvalue weighted by molar-refractivity contribution is -0.365. The molecule has 0 aliphatic heterocycles. The van der Waals surface area contributed by atoms with Gasteiger partial charge in [-0.2, -0.15) is 10.4 Å². The zero-order chi connectivity index (χ0) is 5.70. The molecular weight excluding hydrogens is 96.0 g/mol. The summed E-state index contributed by atoms with van der Waals surface area (Å²) in [5.74, 6) is 0. The van der Waals surface area contributed by atoms with Crippen molar-refractivity contribution >= 4 is 0 Å². The van der Waals surface area contributed by atoms with Crippen LogP contribution < -0.4 is 5.48 Å². The van der Waals surface area contributed by atoms with Crippen LogP contribution in [0.3, 0.4) is 0 Å². The molecule has 7 heavy (non-hydrogen) atoms. The molecule has 0 unspecified atom stereocenters. The number of hydrogen-bond acceptors (Lipinski definition) is 4. The highest BCUT2D eigenvalue weighted by atomic mass is 17.0. The molecule has 1 N–H and O–H groups in total. The molecule has 4 nitrogen and oxygen atoms in total. The first-order chi connectivity index (χ1) is 3.31. The molecule has 0 aromatic carbocycles. The summed E-state index contributed by atoms with van der Waals surface area (Å²) in [6.07, 6.45) is 0. The standard InChI is InChI=1S/C3H10N2O2/c1-4-7-5(2)6-3/h4H,1-3H3. The average molecular weight is 106 g/mol. The topological polar surface area (TPSA) is 33.7 Å². The van der Waals surface area contributed by atoms with Crippen molar-refractivity contribution in [2.45, 2.75) is 0 Å². The van der Waals surface area contributed by atoms with E-state index < -0.39 is 0 Å². The van der Waals surface area contributed by atoms with Crippen LogP contribution in [0.4, 0.5) is 0 Å². The Bertz CT molecular complexity index is 41.9. The van der Waals surface area contributed by atoms with Gasteiger partial charge in [-0.05, 0) is 5.23 Å². The highest BCUT2D eigenvalue weighted by Gasteiger charge is 1.86. The summed E-state index contributed by atoms with van der Waals surface area (Å²) in [6, 6.07) is 0. The van der Waals surface area contributed by atoms with Gasteiger partial charge in [0.2, 0.25) is 0 Å². The normalized spacial score (nSPS) is 10.3. The van der Waals surface area contributed by atoms with Crippen LogP contribution in [0.1, 0.15) is 0 Å². The average Bonchev–Trinajstić information content (AvgIpc) is 1.68. The zero-order valence-electron chi connectivity index (χ0n) is 4.76. The lowest BCUT2D eigenvalue weighted by Crippen LogP contribution is -2.24. The molecule has 0 spiro atoms. The Balaban J connectivity index is 2.83. The van der Waals surface area contributed by atoms with Crippen LogP contribution in [0, 0.1) is 0 Å². The van der Waals surface area contributed by atoms with Crippen molar-refractivity contribution in [1.29, 1.82) is 0 Å². The number of nitrogens with one attached hydrogen (secondary N) is 1. The van der Waals surface area contributed by atoms with Crippen LogP contribution in [-0.4, -0.2) is 26.4 Å². The van der Waals surface area contributed by atoms with E-state index in [0.717, 1.165) is 0 Å². The predicted octanol–water partition coefficient (Wildman–Crippen LogP) is -0.454. The van der Waals surface area contributed by atoms with Crippen molar-refractivity contribution in [3.63, 3.8) is 0 Å². The van der Waals surface area contributed by atoms with Crippen LogP contribution >= 0.6 is 0 Å². The van der Waals surface area contributed by atoms with Crippen molar-refractivity contribution in [2.24, 2.45) is 0 Å². The first-order valence-electron chi connectivity index (χ1n) is 1.92. The fraction of sp³-hybridized carbons (Fsp3) is 1.00. The Morgan fingerprint density at radius 1 is 1.57 bits per heavy atom. The maximum atomic E-state index is 4.55. The minimum absolute atomic E-state index is 1.19. The van der Waals surface area contributed by atoms with Crippen molar-refractivity contribution in [3.8, 4) is 0 Å². The van der Waals surface area contributed by atoms with E-state index in [9.17, 15) is 0 Å². The summed E-state index contributed by atoms with van der Waals surface area (Å²) in [4.78, 5) is 9.09. The molecule has 0 radical (unpaired) electrons. The lowest BCUT2D eigenvalue weighted by atomic mass is 11.5. The van der Waals surface area contributed by atoms with Gasteiger partial charge >= 0.3 is 0 Å². The highest BCUT2D eigenvalue weighted by molar-refractivity contribution is 3.89. The monoisotopic (exact) mass is 106 g/mol. The Kier molecular flexibility index (Phi) is 3.92. The number of hydrogen-bond donors (Lipinski definition) is 1. The Hall–Kier alpha value is -0.160. The van der Waals surface area contributed by atoms with Crippen LogP contribution in [0.2, 0.25) is 0 Å². The maximum Gasteiger partial charge on any atom is 0.0602 e. The van der Waals surface area contributed by atoms with Gasteiger partial charge in [-0.1, -0.05) is 0 Å². The van der Waals surface area contributed by atoms with Gasteiger partial charge in [0.15, 0.2) is 0 Å². The molecule has 0 aliphatic rings. The van der Waals surface area contributed by atoms with Gasteiger partial charge in [0.05, 0.1) is 7.11 Å². The summed E-state index contributed by atoms with van der Waals surface area (Å²) in [5.41, 5.74) is 2.42. The van der Waals surface area contributed by atoms with Gasteiger partial charge in [-0.3, -0.25) is 4.84 Å². The molecule has 0 aromatic rings. The third-order valence-corrected chi connectivity index (χ3v) is 0.477. The first kappa shape index (κ1) is 6.84. The molecule has 0 heterocycles. The number of rotatable bonds is 3. The maximum absolute atomic E-state index is 4.55. The number of hydroxylamine groups is 3. The molecule has 0 rings (SSSR count). The largest absolute Gasteiger partial charge is 0.276 e. The van der Waals surface area contributed by atoms with Gasteiger partial charge in [-0.15, -0.1) is 0 Å². The lowest BCUT2D eigenvalue weighted by Gasteiger charge is -2.09. The molecule has 0 atom stereocenters. The molecule has 0 aromatic heterocycles. The summed E-state index contributed by atoms with van der Waals surface area (Å²) in [6.45, 7) is 0. The van der Waals surface area contributed by atoms with Crippen molar-refractivity contribution < 1.29 is 9.78 Å². The molecule has 0 saturated heterocycles. The summed E-state index contributed by atoms with van der Waals surface area (Å²) < 4.78 is 0. The molecule has 4 heteroatoms. The van der Waals surface area contributed by atoms with E-state index in [0.29, 0.717) is 0 Å².